The molecule has 0 saturated carbocycles. The van der Waals surface area contributed by atoms with Crippen LogP contribution in [0, 0.1) is 0 Å². The molecule has 0 bridgehead atoms. The minimum atomic E-state index is -0.0415. The maximum Gasteiger partial charge on any atom is 0.280 e. The summed E-state index contributed by atoms with van der Waals surface area (Å²) in [6.07, 6.45) is 6.89. The van der Waals surface area contributed by atoms with Gasteiger partial charge in [-0.25, -0.2) is 9.97 Å². The average molecular weight is 386 g/mol. The van der Waals surface area contributed by atoms with Crippen LogP contribution in [0.25, 0.3) is 28.6 Å². The van der Waals surface area contributed by atoms with Gasteiger partial charge in [0.1, 0.15) is 0 Å². The number of imidazole rings is 1. The van der Waals surface area contributed by atoms with Crippen molar-refractivity contribution in [1.29, 1.82) is 0 Å². The van der Waals surface area contributed by atoms with Crippen LogP contribution < -0.4 is 9.47 Å². The Hall–Kier alpha value is -3.13. The molecule has 0 unspecified atom stereocenters. The third-order valence-corrected chi connectivity index (χ3v) is 4.06. The molecule has 4 aromatic rings. The van der Waals surface area contributed by atoms with Gasteiger partial charge in [-0.05, 0) is 26.0 Å². The van der Waals surface area contributed by atoms with Crippen LogP contribution in [-0.2, 0) is 0 Å². The summed E-state index contributed by atoms with van der Waals surface area (Å²) in [4.78, 5) is 13.0. The Balaban J connectivity index is 1.75. The van der Waals surface area contributed by atoms with Gasteiger partial charge in [-0.15, -0.1) is 0 Å². The van der Waals surface area contributed by atoms with Crippen molar-refractivity contribution < 1.29 is 14.0 Å². The fourth-order valence-corrected chi connectivity index (χ4v) is 2.90. The molecule has 0 aliphatic heterocycles. The number of fused-ring (bicyclic) bond motifs is 1. The molecule has 0 fully saturated rings. The number of hydrogen-bond acceptors (Lipinski definition) is 7. The van der Waals surface area contributed by atoms with Crippen molar-refractivity contribution in [3.63, 3.8) is 0 Å². The number of rotatable bonds is 5. The van der Waals surface area contributed by atoms with E-state index in [-0.39, 0.29) is 12.0 Å². The van der Waals surface area contributed by atoms with E-state index >= 15 is 0 Å². The summed E-state index contributed by atoms with van der Waals surface area (Å²) in [5.74, 6) is 1.59. The normalized spacial score (nSPS) is 11.3. The van der Waals surface area contributed by atoms with Crippen LogP contribution in [0.2, 0.25) is 5.02 Å². The minimum absolute atomic E-state index is 0.0415. The molecule has 0 spiro atoms. The fraction of sp³-hybridized carbons (Fsp3) is 0.222. The highest BCUT2D eigenvalue weighted by molar-refractivity contribution is 6.32. The van der Waals surface area contributed by atoms with Crippen molar-refractivity contribution in [3.8, 4) is 34.5 Å². The molecule has 0 saturated heterocycles. The SMILES string of the molecule is COc1cc(-c2noc(-c3nccn4ccnc34)n2)cc(Cl)c1OC(C)C. The number of methoxy groups -OCH3 is 1. The maximum absolute atomic E-state index is 6.38. The van der Waals surface area contributed by atoms with Gasteiger partial charge < -0.3 is 18.4 Å². The topological polar surface area (TPSA) is 87.6 Å². The van der Waals surface area contributed by atoms with Gasteiger partial charge in [-0.3, -0.25) is 0 Å². The number of halogens is 1. The molecule has 4 rings (SSSR count). The molecule has 8 nitrogen and oxygen atoms in total. The van der Waals surface area contributed by atoms with Gasteiger partial charge in [0.2, 0.25) is 5.82 Å². The molecule has 3 heterocycles. The van der Waals surface area contributed by atoms with Crippen molar-refractivity contribution in [2.75, 3.05) is 7.11 Å². The molecule has 0 atom stereocenters. The van der Waals surface area contributed by atoms with Crippen LogP contribution in [0.1, 0.15) is 13.8 Å². The number of aromatic nitrogens is 5. The first kappa shape index (κ1) is 17.3. The molecule has 27 heavy (non-hydrogen) atoms. The quantitative estimate of drug-likeness (QED) is 0.514. The van der Waals surface area contributed by atoms with Crippen LogP contribution in [0.15, 0.2) is 41.4 Å². The first-order valence-corrected chi connectivity index (χ1v) is 8.61. The van der Waals surface area contributed by atoms with E-state index in [1.807, 2.05) is 24.4 Å². The molecule has 3 aromatic heterocycles. The Morgan fingerprint density at radius 1 is 1.15 bits per heavy atom. The van der Waals surface area contributed by atoms with Gasteiger partial charge >= 0.3 is 0 Å². The highest BCUT2D eigenvalue weighted by Crippen LogP contribution is 2.39. The van der Waals surface area contributed by atoms with E-state index in [1.54, 1.807) is 37.8 Å². The first-order valence-electron chi connectivity index (χ1n) is 8.23. The highest BCUT2D eigenvalue weighted by atomic mass is 35.5. The van der Waals surface area contributed by atoms with Gasteiger partial charge in [-0.1, -0.05) is 16.8 Å². The van der Waals surface area contributed by atoms with Crippen molar-refractivity contribution in [1.82, 2.24) is 24.5 Å². The van der Waals surface area contributed by atoms with E-state index in [0.29, 0.717) is 39.3 Å². The molecule has 0 amide bonds. The second-order valence-electron chi connectivity index (χ2n) is 6.01. The number of nitrogens with zero attached hydrogens (tertiary/aromatic N) is 5. The lowest BCUT2D eigenvalue weighted by molar-refractivity contribution is 0.230. The lowest BCUT2D eigenvalue weighted by Gasteiger charge is -2.15. The Kier molecular flexibility index (Phi) is 4.41. The predicted octanol–water partition coefficient (Wildman–Crippen LogP) is 3.90. The number of benzene rings is 1. The monoisotopic (exact) mass is 385 g/mol. The van der Waals surface area contributed by atoms with E-state index in [2.05, 4.69) is 20.1 Å². The van der Waals surface area contributed by atoms with Crippen molar-refractivity contribution >= 4 is 17.2 Å². The zero-order chi connectivity index (χ0) is 19.0. The van der Waals surface area contributed by atoms with Crippen molar-refractivity contribution in [2.24, 2.45) is 0 Å². The molecular formula is C18H16ClN5O3. The molecular weight excluding hydrogens is 370 g/mol. The number of ether oxygens (including phenoxy) is 2. The van der Waals surface area contributed by atoms with Crippen LogP contribution in [0.3, 0.4) is 0 Å². The molecule has 9 heteroatoms. The zero-order valence-electron chi connectivity index (χ0n) is 14.9. The minimum Gasteiger partial charge on any atom is -0.493 e. The van der Waals surface area contributed by atoms with Gasteiger partial charge in [0.05, 0.1) is 18.2 Å². The lowest BCUT2D eigenvalue weighted by Crippen LogP contribution is -2.07. The van der Waals surface area contributed by atoms with Gasteiger partial charge in [0, 0.05) is 30.4 Å². The smallest absolute Gasteiger partial charge is 0.280 e. The maximum atomic E-state index is 6.38. The summed E-state index contributed by atoms with van der Waals surface area (Å²) in [6, 6.07) is 3.46. The summed E-state index contributed by atoms with van der Waals surface area (Å²) in [5.41, 5.74) is 1.77. The van der Waals surface area contributed by atoms with Gasteiger partial charge in [0.15, 0.2) is 22.8 Å². The second kappa shape index (κ2) is 6.88. The standard InChI is InChI=1S/C18H16ClN5O3/c1-10(2)26-15-12(19)8-11(9-13(15)25-3)16-22-18(27-23-16)14-17-21-5-7-24(17)6-4-20-14/h4-10H,1-3H3. The van der Waals surface area contributed by atoms with E-state index in [9.17, 15) is 0 Å². The fourth-order valence-electron chi connectivity index (χ4n) is 2.64. The van der Waals surface area contributed by atoms with E-state index in [1.165, 1.54) is 0 Å². The third kappa shape index (κ3) is 3.19. The molecule has 1 aromatic carbocycles. The highest BCUT2D eigenvalue weighted by Gasteiger charge is 2.19. The number of hydrogen-bond donors (Lipinski definition) is 0. The van der Waals surface area contributed by atoms with E-state index in [4.69, 9.17) is 25.6 Å². The Labute approximate surface area is 159 Å². The van der Waals surface area contributed by atoms with Crippen LogP contribution in [-0.4, -0.2) is 37.7 Å². The molecule has 0 aliphatic carbocycles. The third-order valence-electron chi connectivity index (χ3n) is 3.78. The Morgan fingerprint density at radius 3 is 2.67 bits per heavy atom. The Bertz CT molecular complexity index is 1110. The lowest BCUT2D eigenvalue weighted by atomic mass is 10.2. The summed E-state index contributed by atoms with van der Waals surface area (Å²) in [6.45, 7) is 3.83. The van der Waals surface area contributed by atoms with Crippen LogP contribution >= 0.6 is 11.6 Å². The largest absolute Gasteiger partial charge is 0.493 e. The van der Waals surface area contributed by atoms with E-state index in [0.717, 1.165) is 0 Å². The van der Waals surface area contributed by atoms with Crippen molar-refractivity contribution in [3.05, 3.63) is 41.9 Å². The zero-order valence-corrected chi connectivity index (χ0v) is 15.6. The molecule has 0 N–H and O–H groups in total. The van der Waals surface area contributed by atoms with Crippen LogP contribution in [0.4, 0.5) is 0 Å². The van der Waals surface area contributed by atoms with Crippen LogP contribution in [0.5, 0.6) is 11.5 Å². The summed E-state index contributed by atoms with van der Waals surface area (Å²) in [5, 5.41) is 4.44. The summed E-state index contributed by atoms with van der Waals surface area (Å²) >= 11 is 6.38. The van der Waals surface area contributed by atoms with E-state index < -0.39 is 0 Å². The summed E-state index contributed by atoms with van der Waals surface area (Å²) in [7, 11) is 1.55. The second-order valence-corrected chi connectivity index (χ2v) is 6.42. The van der Waals surface area contributed by atoms with Gasteiger partial charge in [-0.2, -0.15) is 4.98 Å². The average Bonchev–Trinajstić information content (AvgIpc) is 3.31. The Morgan fingerprint density at radius 2 is 1.93 bits per heavy atom. The van der Waals surface area contributed by atoms with Gasteiger partial charge in [0.25, 0.3) is 5.89 Å². The van der Waals surface area contributed by atoms with Crippen molar-refractivity contribution in [2.45, 2.75) is 20.0 Å². The molecule has 0 aliphatic rings. The first-order chi connectivity index (χ1) is 13.1. The summed E-state index contributed by atoms with van der Waals surface area (Å²) < 4.78 is 18.4. The molecule has 0 radical (unpaired) electrons. The molecule has 138 valence electrons. The predicted molar refractivity (Wildman–Crippen MR) is 99.0 cm³/mol.